The number of hydrogen-bond donors (Lipinski definition) is 2. The van der Waals surface area contributed by atoms with E-state index in [4.69, 9.17) is 4.74 Å². The molecule has 7 heteroatoms. The Labute approximate surface area is 181 Å². The number of H-pyrrole nitrogens is 1. The van der Waals surface area contributed by atoms with E-state index >= 15 is 0 Å². The van der Waals surface area contributed by atoms with Gasteiger partial charge in [-0.05, 0) is 30.5 Å². The molecule has 1 saturated heterocycles. The molecule has 1 fully saturated rings. The van der Waals surface area contributed by atoms with Crippen molar-refractivity contribution >= 4 is 11.9 Å². The third-order valence-corrected chi connectivity index (χ3v) is 5.43. The van der Waals surface area contributed by atoms with Crippen LogP contribution in [0.25, 0.3) is 11.4 Å². The normalized spacial score (nSPS) is 14.8. The molecule has 1 aromatic heterocycles. The van der Waals surface area contributed by atoms with E-state index in [1.807, 2.05) is 6.07 Å². The number of esters is 1. The van der Waals surface area contributed by atoms with Crippen molar-refractivity contribution < 1.29 is 14.3 Å². The summed E-state index contributed by atoms with van der Waals surface area (Å²) in [5.74, 6) is -0.0463. The summed E-state index contributed by atoms with van der Waals surface area (Å²) in [6, 6.07) is 17.4. The Morgan fingerprint density at radius 2 is 1.81 bits per heavy atom. The van der Waals surface area contributed by atoms with E-state index in [1.165, 1.54) is 5.56 Å². The molecule has 7 nitrogen and oxygen atoms in total. The number of imidazole rings is 1. The zero-order valence-electron chi connectivity index (χ0n) is 17.3. The number of nitrogens with one attached hydrogen (secondary N) is 2. The molecule has 0 spiro atoms. The van der Waals surface area contributed by atoms with E-state index < -0.39 is 5.97 Å². The third-order valence-electron chi connectivity index (χ3n) is 5.43. The number of hydrogen-bond acceptors (Lipinski definition) is 5. The van der Waals surface area contributed by atoms with Gasteiger partial charge in [-0.3, -0.25) is 9.69 Å². The van der Waals surface area contributed by atoms with Crippen molar-refractivity contribution in [2.75, 3.05) is 19.7 Å². The molecule has 0 atom stereocenters. The molecule has 3 aromatic rings. The highest BCUT2D eigenvalue weighted by Gasteiger charge is 2.21. The minimum Gasteiger partial charge on any atom is -0.452 e. The Hall–Kier alpha value is -3.45. The molecule has 2 N–H and O–H groups in total. The van der Waals surface area contributed by atoms with Crippen LogP contribution in [0.1, 0.15) is 28.8 Å². The summed E-state index contributed by atoms with van der Waals surface area (Å²) < 4.78 is 5.18. The smallest absolute Gasteiger partial charge is 0.338 e. The highest BCUT2D eigenvalue weighted by molar-refractivity contribution is 5.91. The molecule has 0 saturated carbocycles. The number of nitrogens with zero attached hydrogens (tertiary/aromatic N) is 2. The van der Waals surface area contributed by atoms with Crippen molar-refractivity contribution in [3.05, 3.63) is 78.1 Å². The molecule has 160 valence electrons. The maximum Gasteiger partial charge on any atom is 0.338 e. The zero-order chi connectivity index (χ0) is 21.5. The van der Waals surface area contributed by atoms with Crippen molar-refractivity contribution in [3.63, 3.8) is 0 Å². The van der Waals surface area contributed by atoms with Crippen LogP contribution in [-0.2, 0) is 16.1 Å². The van der Waals surface area contributed by atoms with Crippen molar-refractivity contribution in [2.24, 2.45) is 0 Å². The Balaban J connectivity index is 1.18. The van der Waals surface area contributed by atoms with Crippen LogP contribution in [0.4, 0.5) is 0 Å². The van der Waals surface area contributed by atoms with Crippen LogP contribution in [0.2, 0.25) is 0 Å². The number of aromatic nitrogens is 2. The van der Waals surface area contributed by atoms with E-state index in [0.29, 0.717) is 5.56 Å². The first-order chi connectivity index (χ1) is 15.2. The van der Waals surface area contributed by atoms with Gasteiger partial charge in [-0.2, -0.15) is 0 Å². The highest BCUT2D eigenvalue weighted by atomic mass is 16.5. The highest BCUT2D eigenvalue weighted by Crippen LogP contribution is 2.16. The molecular weight excluding hydrogens is 392 g/mol. The Morgan fingerprint density at radius 1 is 1.06 bits per heavy atom. The Kier molecular flexibility index (Phi) is 6.74. The summed E-state index contributed by atoms with van der Waals surface area (Å²) >= 11 is 0. The standard InChI is InChI=1S/C24H26N4O3/c29-22(27-21-10-14-28(15-11-21)16-18-4-2-1-3-5-18)17-31-24(30)20-8-6-19(7-9-20)23-25-12-13-26-23/h1-9,12-13,21H,10-11,14-17H2,(H,25,26)(H,27,29). The maximum atomic E-state index is 12.2. The number of carbonyl (C=O) groups is 2. The van der Waals surface area contributed by atoms with Gasteiger partial charge in [0.05, 0.1) is 5.56 Å². The Morgan fingerprint density at radius 3 is 2.48 bits per heavy atom. The van der Waals surface area contributed by atoms with Crippen molar-refractivity contribution in [3.8, 4) is 11.4 Å². The lowest BCUT2D eigenvalue weighted by Crippen LogP contribution is -2.45. The predicted molar refractivity (Wildman–Crippen MR) is 117 cm³/mol. The van der Waals surface area contributed by atoms with Gasteiger partial charge in [0.1, 0.15) is 5.82 Å². The average Bonchev–Trinajstić information content (AvgIpc) is 3.35. The number of aromatic amines is 1. The van der Waals surface area contributed by atoms with E-state index in [9.17, 15) is 9.59 Å². The summed E-state index contributed by atoms with van der Waals surface area (Å²) in [6.45, 7) is 2.52. The number of amides is 1. The second-order valence-electron chi connectivity index (χ2n) is 7.69. The summed E-state index contributed by atoms with van der Waals surface area (Å²) in [4.78, 5) is 34.0. The second-order valence-corrected chi connectivity index (χ2v) is 7.69. The molecule has 0 unspecified atom stereocenters. The van der Waals surface area contributed by atoms with E-state index in [-0.39, 0.29) is 18.6 Å². The fourth-order valence-electron chi connectivity index (χ4n) is 3.75. The molecule has 4 rings (SSSR count). The van der Waals surface area contributed by atoms with Crippen LogP contribution < -0.4 is 5.32 Å². The van der Waals surface area contributed by atoms with Gasteiger partial charge in [-0.15, -0.1) is 0 Å². The molecule has 1 aliphatic rings. The van der Waals surface area contributed by atoms with Crippen molar-refractivity contribution in [1.82, 2.24) is 20.2 Å². The van der Waals surface area contributed by atoms with Crippen molar-refractivity contribution in [1.29, 1.82) is 0 Å². The van der Waals surface area contributed by atoms with Crippen LogP contribution in [-0.4, -0.2) is 52.5 Å². The average molecular weight is 418 g/mol. The lowest BCUT2D eigenvalue weighted by Gasteiger charge is -2.32. The van der Waals surface area contributed by atoms with E-state index in [2.05, 4.69) is 44.5 Å². The van der Waals surface area contributed by atoms with Gasteiger partial charge < -0.3 is 15.0 Å². The van der Waals surface area contributed by atoms with Crippen molar-refractivity contribution in [2.45, 2.75) is 25.4 Å². The zero-order valence-corrected chi connectivity index (χ0v) is 17.3. The van der Waals surface area contributed by atoms with Gasteiger partial charge in [0.25, 0.3) is 5.91 Å². The summed E-state index contributed by atoms with van der Waals surface area (Å²) in [6.07, 6.45) is 5.19. The van der Waals surface area contributed by atoms with Gasteiger partial charge in [-0.1, -0.05) is 42.5 Å². The molecule has 1 aliphatic heterocycles. The topological polar surface area (TPSA) is 87.3 Å². The SMILES string of the molecule is O=C(COC(=O)c1ccc(-c2ncc[nH]2)cc1)NC1CCN(Cc2ccccc2)CC1. The van der Waals surface area contributed by atoms with E-state index in [0.717, 1.165) is 43.9 Å². The summed E-state index contributed by atoms with van der Waals surface area (Å²) in [5.41, 5.74) is 2.57. The number of rotatable bonds is 7. The largest absolute Gasteiger partial charge is 0.452 e. The molecule has 2 aromatic carbocycles. The minimum absolute atomic E-state index is 0.116. The van der Waals surface area contributed by atoms with Crippen LogP contribution in [0.5, 0.6) is 0 Å². The molecule has 2 heterocycles. The van der Waals surface area contributed by atoms with Gasteiger partial charge in [-0.25, -0.2) is 9.78 Å². The molecule has 1 amide bonds. The monoisotopic (exact) mass is 418 g/mol. The first kappa shape index (κ1) is 20.8. The summed E-state index contributed by atoms with van der Waals surface area (Å²) in [5, 5.41) is 2.98. The third kappa shape index (κ3) is 5.79. The van der Waals surface area contributed by atoms with Gasteiger partial charge in [0, 0.05) is 43.6 Å². The number of piperidine rings is 1. The number of benzene rings is 2. The molecule has 31 heavy (non-hydrogen) atoms. The second kappa shape index (κ2) is 10.0. The molecular formula is C24H26N4O3. The van der Waals surface area contributed by atoms with Gasteiger partial charge >= 0.3 is 5.97 Å². The van der Waals surface area contributed by atoms with Gasteiger partial charge in [0.15, 0.2) is 6.61 Å². The summed E-state index contributed by atoms with van der Waals surface area (Å²) in [7, 11) is 0. The van der Waals surface area contributed by atoms with Crippen LogP contribution in [0.15, 0.2) is 67.0 Å². The fraction of sp³-hybridized carbons (Fsp3) is 0.292. The Bertz CT molecular complexity index is 979. The van der Waals surface area contributed by atoms with Crippen LogP contribution >= 0.6 is 0 Å². The number of carbonyl (C=O) groups excluding carboxylic acids is 2. The minimum atomic E-state index is -0.515. The van der Waals surface area contributed by atoms with Gasteiger partial charge in [0.2, 0.25) is 0 Å². The number of ether oxygens (including phenoxy) is 1. The molecule has 0 radical (unpaired) electrons. The quantitative estimate of drug-likeness (QED) is 0.576. The maximum absolute atomic E-state index is 12.2. The lowest BCUT2D eigenvalue weighted by molar-refractivity contribution is -0.125. The van der Waals surface area contributed by atoms with Crippen LogP contribution in [0.3, 0.4) is 0 Å². The fourth-order valence-corrected chi connectivity index (χ4v) is 3.75. The van der Waals surface area contributed by atoms with Crippen LogP contribution in [0, 0.1) is 0 Å². The molecule has 0 bridgehead atoms. The predicted octanol–water partition coefficient (Wildman–Crippen LogP) is 3.01. The van der Waals surface area contributed by atoms with E-state index in [1.54, 1.807) is 36.7 Å². The lowest BCUT2D eigenvalue weighted by atomic mass is 10.0. The first-order valence-electron chi connectivity index (χ1n) is 10.5. The molecule has 0 aliphatic carbocycles. The first-order valence-corrected chi connectivity index (χ1v) is 10.5. The number of likely N-dealkylation sites (tertiary alicyclic amines) is 1.